The van der Waals surface area contributed by atoms with Crippen molar-refractivity contribution in [1.82, 2.24) is 0 Å². The first-order chi connectivity index (χ1) is 13.8. The molecule has 5 N–H and O–H groups in total. The van der Waals surface area contributed by atoms with E-state index < -0.39 is 23.8 Å². The smallest absolute Gasteiger partial charge is 0.252 e. The average Bonchev–Trinajstić information content (AvgIpc) is 2.75. The third-order valence-electron chi connectivity index (χ3n) is 4.44. The van der Waals surface area contributed by atoms with E-state index in [1.54, 1.807) is 30.3 Å². The van der Waals surface area contributed by atoms with Crippen molar-refractivity contribution >= 4 is 40.7 Å². The topological polar surface area (TPSA) is 139 Å². The van der Waals surface area contributed by atoms with Gasteiger partial charge in [0.25, 0.3) is 5.91 Å². The van der Waals surface area contributed by atoms with Crippen LogP contribution in [0, 0.1) is 0 Å². The molecule has 0 fully saturated rings. The van der Waals surface area contributed by atoms with E-state index in [4.69, 9.17) is 23.1 Å². The van der Waals surface area contributed by atoms with Crippen molar-refractivity contribution in [3.63, 3.8) is 0 Å². The molecule has 0 saturated carbocycles. The van der Waals surface area contributed by atoms with Crippen LogP contribution in [0.5, 0.6) is 5.75 Å². The molecule has 0 aliphatic carbocycles. The number of anilines is 1. The molecule has 0 aromatic heterocycles. The molecule has 9 heteroatoms. The first-order valence-electron chi connectivity index (χ1n) is 8.81. The van der Waals surface area contributed by atoms with Crippen LogP contribution in [0.1, 0.15) is 24.0 Å². The first-order valence-corrected chi connectivity index (χ1v) is 9.19. The molecule has 0 radical (unpaired) electrons. The van der Waals surface area contributed by atoms with E-state index in [1.165, 1.54) is 17.0 Å². The summed E-state index contributed by atoms with van der Waals surface area (Å²) in [6, 6.07) is 10.3. The highest BCUT2D eigenvalue weighted by Gasteiger charge is 2.33. The number of aliphatic imine (C=N–C) groups is 1. The average molecular weight is 415 g/mol. The lowest BCUT2D eigenvalue weighted by Gasteiger charge is -2.24. The van der Waals surface area contributed by atoms with Crippen LogP contribution in [-0.4, -0.2) is 41.1 Å². The van der Waals surface area contributed by atoms with Gasteiger partial charge in [-0.05, 0) is 36.8 Å². The Morgan fingerprint density at radius 3 is 2.55 bits per heavy atom. The molecule has 0 spiro atoms. The lowest BCUT2D eigenvalue weighted by molar-refractivity contribution is -0.123. The van der Waals surface area contributed by atoms with Gasteiger partial charge in [-0.1, -0.05) is 23.7 Å². The maximum Gasteiger partial charge on any atom is 0.252 e. The molecule has 0 saturated heterocycles. The Morgan fingerprint density at radius 2 is 1.90 bits per heavy atom. The van der Waals surface area contributed by atoms with Gasteiger partial charge in [0, 0.05) is 22.6 Å². The number of carbonyl (C=O) groups excluding carboxylic acids is 3. The number of fused-ring (bicyclic) bond motifs is 1. The summed E-state index contributed by atoms with van der Waals surface area (Å²) < 4.78 is 0. The number of primary amides is 2. The highest BCUT2D eigenvalue weighted by atomic mass is 35.5. The number of carbonyl (C=O) groups is 3. The zero-order chi connectivity index (χ0) is 21.1. The second kappa shape index (κ2) is 8.32. The van der Waals surface area contributed by atoms with Crippen molar-refractivity contribution in [2.75, 3.05) is 11.4 Å². The molecule has 3 amide bonds. The van der Waals surface area contributed by atoms with Gasteiger partial charge in [-0.15, -0.1) is 0 Å². The highest BCUT2D eigenvalue weighted by Crippen LogP contribution is 2.32. The van der Waals surface area contributed by atoms with E-state index in [-0.39, 0.29) is 25.1 Å². The van der Waals surface area contributed by atoms with Crippen molar-refractivity contribution in [3.05, 3.63) is 58.6 Å². The van der Waals surface area contributed by atoms with Crippen molar-refractivity contribution < 1.29 is 19.5 Å². The van der Waals surface area contributed by atoms with E-state index in [2.05, 4.69) is 4.99 Å². The summed E-state index contributed by atoms with van der Waals surface area (Å²) in [5.74, 6) is -1.75. The predicted molar refractivity (Wildman–Crippen MR) is 109 cm³/mol. The van der Waals surface area contributed by atoms with Crippen molar-refractivity contribution in [3.8, 4) is 5.75 Å². The minimum atomic E-state index is -0.967. The number of hydrogen-bond acceptors (Lipinski definition) is 5. The Balaban J connectivity index is 2.22. The number of nitrogens with two attached hydrogens (primary N) is 2. The van der Waals surface area contributed by atoms with Crippen molar-refractivity contribution in [1.29, 1.82) is 0 Å². The number of benzodiazepines with no additional fused rings is 1. The van der Waals surface area contributed by atoms with Crippen LogP contribution in [0.2, 0.25) is 5.02 Å². The normalized spacial score (nSPS) is 16.0. The summed E-state index contributed by atoms with van der Waals surface area (Å²) in [5.41, 5.74) is 12.5. The van der Waals surface area contributed by atoms with Crippen LogP contribution in [0.25, 0.3) is 0 Å². The number of benzene rings is 2. The fourth-order valence-corrected chi connectivity index (χ4v) is 3.34. The summed E-state index contributed by atoms with van der Waals surface area (Å²) >= 11 is 6.14. The third kappa shape index (κ3) is 4.55. The summed E-state index contributed by atoms with van der Waals surface area (Å²) in [6.07, 6.45) is 0.00219. The summed E-state index contributed by atoms with van der Waals surface area (Å²) in [5, 5.41) is 10.3. The molecule has 1 unspecified atom stereocenters. The van der Waals surface area contributed by atoms with Crippen molar-refractivity contribution in [2.24, 2.45) is 16.5 Å². The van der Waals surface area contributed by atoms with Crippen LogP contribution in [0.3, 0.4) is 0 Å². The second-order valence-electron chi connectivity index (χ2n) is 6.60. The number of aromatic hydroxyl groups is 1. The molecule has 150 valence electrons. The third-order valence-corrected chi connectivity index (χ3v) is 4.67. The van der Waals surface area contributed by atoms with Gasteiger partial charge in [0.15, 0.2) is 0 Å². The quantitative estimate of drug-likeness (QED) is 0.656. The Morgan fingerprint density at radius 1 is 1.14 bits per heavy atom. The van der Waals surface area contributed by atoms with Crippen LogP contribution >= 0.6 is 11.6 Å². The molecule has 1 atom stereocenters. The van der Waals surface area contributed by atoms with Crippen LogP contribution in [-0.2, 0) is 14.4 Å². The Hall–Kier alpha value is -3.39. The zero-order valence-electron chi connectivity index (χ0n) is 15.3. The molecule has 2 aromatic carbocycles. The lowest BCUT2D eigenvalue weighted by Crippen LogP contribution is -2.43. The Labute approximate surface area is 171 Å². The summed E-state index contributed by atoms with van der Waals surface area (Å²) in [7, 11) is 0. The number of amides is 3. The Kier molecular flexibility index (Phi) is 5.84. The molecular formula is C20H19ClN4O4. The lowest BCUT2D eigenvalue weighted by atomic mass is 10.00. The monoisotopic (exact) mass is 414 g/mol. The number of nitrogens with zero attached hydrogens (tertiary/aromatic N) is 2. The van der Waals surface area contributed by atoms with E-state index in [9.17, 15) is 19.5 Å². The molecule has 0 bridgehead atoms. The standard InChI is InChI=1S/C20H19ClN4O4/c21-12-4-5-14-16(9-12)25(10-18(23)28)20(29)15(6-7-17(22)27)24-19(14)11-2-1-3-13(26)8-11/h1-5,8-9,15,26H,6-7,10H2,(H2,22,27)(H2,23,28). The van der Waals surface area contributed by atoms with E-state index in [0.29, 0.717) is 27.5 Å². The maximum absolute atomic E-state index is 13.2. The number of halogens is 1. The van der Waals surface area contributed by atoms with Crippen LogP contribution < -0.4 is 16.4 Å². The molecule has 3 rings (SSSR count). The molecule has 1 heterocycles. The number of rotatable bonds is 6. The van der Waals surface area contributed by atoms with Crippen molar-refractivity contribution in [2.45, 2.75) is 18.9 Å². The highest BCUT2D eigenvalue weighted by molar-refractivity contribution is 6.31. The fourth-order valence-electron chi connectivity index (χ4n) is 3.18. The summed E-state index contributed by atoms with van der Waals surface area (Å²) in [4.78, 5) is 41.9. The Bertz CT molecular complexity index is 1020. The largest absolute Gasteiger partial charge is 0.508 e. The van der Waals surface area contributed by atoms with Gasteiger partial charge in [0.2, 0.25) is 11.8 Å². The fraction of sp³-hybridized carbons (Fsp3) is 0.200. The van der Waals surface area contributed by atoms with Gasteiger partial charge in [0.05, 0.1) is 11.4 Å². The zero-order valence-corrected chi connectivity index (χ0v) is 16.1. The number of phenols is 1. The predicted octanol–water partition coefficient (Wildman–Crippen LogP) is 1.35. The molecular weight excluding hydrogens is 396 g/mol. The van der Waals surface area contributed by atoms with Gasteiger partial charge >= 0.3 is 0 Å². The molecule has 1 aliphatic rings. The molecule has 1 aliphatic heterocycles. The SMILES string of the molecule is NC(=O)CCC1N=C(c2cccc(O)c2)c2ccc(Cl)cc2N(CC(N)=O)C1=O. The maximum atomic E-state index is 13.2. The van der Waals surface area contributed by atoms with Crippen LogP contribution in [0.4, 0.5) is 5.69 Å². The first kappa shape index (κ1) is 20.3. The molecule has 29 heavy (non-hydrogen) atoms. The van der Waals surface area contributed by atoms with Crippen LogP contribution in [0.15, 0.2) is 47.5 Å². The minimum absolute atomic E-state index is 0.0268. The van der Waals surface area contributed by atoms with Gasteiger partial charge < -0.3 is 21.5 Å². The second-order valence-corrected chi connectivity index (χ2v) is 7.04. The summed E-state index contributed by atoms with van der Waals surface area (Å²) in [6.45, 7) is -0.373. The molecule has 2 aromatic rings. The number of phenolic OH excluding ortho intramolecular Hbond substituents is 1. The number of hydrogen-bond donors (Lipinski definition) is 3. The molecule has 8 nitrogen and oxygen atoms in total. The minimum Gasteiger partial charge on any atom is -0.508 e. The van der Waals surface area contributed by atoms with E-state index in [0.717, 1.165) is 0 Å². The van der Waals surface area contributed by atoms with E-state index >= 15 is 0 Å². The van der Waals surface area contributed by atoms with Gasteiger partial charge in [-0.25, -0.2) is 0 Å². The van der Waals surface area contributed by atoms with Gasteiger partial charge in [-0.3, -0.25) is 19.4 Å². The van der Waals surface area contributed by atoms with Gasteiger partial charge in [-0.2, -0.15) is 0 Å². The van der Waals surface area contributed by atoms with E-state index in [1.807, 2.05) is 0 Å². The van der Waals surface area contributed by atoms with Gasteiger partial charge in [0.1, 0.15) is 18.3 Å².